The predicted molar refractivity (Wildman–Crippen MR) is 91.6 cm³/mol. The topological polar surface area (TPSA) is 47.9 Å². The van der Waals surface area contributed by atoms with Crippen molar-refractivity contribution in [2.75, 3.05) is 13.4 Å². The van der Waals surface area contributed by atoms with Gasteiger partial charge in [-0.2, -0.15) is 0 Å². The molecule has 0 saturated carbocycles. The lowest BCUT2D eigenvalue weighted by molar-refractivity contribution is 0.416. The number of rotatable bonds is 4. The van der Waals surface area contributed by atoms with Crippen molar-refractivity contribution in [1.29, 1.82) is 0 Å². The normalized spacial score (nSPS) is 10.7. The van der Waals surface area contributed by atoms with Crippen molar-refractivity contribution in [3.05, 3.63) is 42.1 Å². The van der Waals surface area contributed by atoms with Gasteiger partial charge in [-0.1, -0.05) is 12.1 Å². The number of nitrogens with zero attached hydrogens (tertiary/aromatic N) is 3. The molecule has 0 radical (unpaired) electrons. The number of methoxy groups -OCH3 is 1. The Labute approximate surface area is 137 Å². The van der Waals surface area contributed by atoms with Crippen molar-refractivity contribution in [3.63, 3.8) is 0 Å². The SMILES string of the molecule is COc1ccccc1-c1nc(C)c(-c2ccc(SC)nn2)s1. The Kier molecular flexibility index (Phi) is 4.40. The van der Waals surface area contributed by atoms with E-state index in [1.54, 1.807) is 30.2 Å². The molecule has 0 fully saturated rings. The Bertz CT molecular complexity index is 784. The fourth-order valence-electron chi connectivity index (χ4n) is 2.12. The maximum atomic E-state index is 5.42. The van der Waals surface area contributed by atoms with E-state index in [0.29, 0.717) is 0 Å². The zero-order valence-electron chi connectivity index (χ0n) is 12.5. The molecule has 0 saturated heterocycles. The van der Waals surface area contributed by atoms with Crippen LogP contribution in [0.5, 0.6) is 5.75 Å². The zero-order valence-corrected chi connectivity index (χ0v) is 14.2. The summed E-state index contributed by atoms with van der Waals surface area (Å²) in [5.74, 6) is 0.826. The molecule has 4 nitrogen and oxygen atoms in total. The van der Waals surface area contributed by atoms with Crippen LogP contribution in [0.1, 0.15) is 5.69 Å². The molecule has 22 heavy (non-hydrogen) atoms. The largest absolute Gasteiger partial charge is 0.496 e. The van der Waals surface area contributed by atoms with E-state index in [1.165, 1.54) is 0 Å². The summed E-state index contributed by atoms with van der Waals surface area (Å²) in [6.07, 6.45) is 1.99. The summed E-state index contributed by atoms with van der Waals surface area (Å²) in [4.78, 5) is 5.72. The molecule has 0 unspecified atom stereocenters. The van der Waals surface area contributed by atoms with Gasteiger partial charge in [0, 0.05) is 0 Å². The number of benzene rings is 1. The van der Waals surface area contributed by atoms with E-state index in [9.17, 15) is 0 Å². The van der Waals surface area contributed by atoms with Gasteiger partial charge < -0.3 is 4.74 Å². The molecule has 0 aliphatic carbocycles. The van der Waals surface area contributed by atoms with Gasteiger partial charge in [0.2, 0.25) is 0 Å². The van der Waals surface area contributed by atoms with Gasteiger partial charge >= 0.3 is 0 Å². The Morgan fingerprint density at radius 2 is 1.91 bits per heavy atom. The fourth-order valence-corrected chi connectivity index (χ4v) is 3.51. The van der Waals surface area contributed by atoms with E-state index in [-0.39, 0.29) is 0 Å². The summed E-state index contributed by atoms with van der Waals surface area (Å²) in [6, 6.07) is 11.9. The molecule has 2 heterocycles. The molecule has 2 aromatic heterocycles. The van der Waals surface area contributed by atoms with Crippen molar-refractivity contribution >= 4 is 23.1 Å². The third-order valence-corrected chi connectivity index (χ3v) is 5.07. The van der Waals surface area contributed by atoms with Crippen LogP contribution in [0.15, 0.2) is 41.4 Å². The van der Waals surface area contributed by atoms with Crippen LogP contribution >= 0.6 is 23.1 Å². The molecule has 0 spiro atoms. The van der Waals surface area contributed by atoms with Gasteiger partial charge in [0.1, 0.15) is 21.5 Å². The third kappa shape index (κ3) is 2.84. The summed E-state index contributed by atoms with van der Waals surface area (Å²) >= 11 is 3.19. The van der Waals surface area contributed by atoms with Crippen LogP contribution in [-0.4, -0.2) is 28.5 Å². The standard InChI is InChI=1S/C16H15N3OS2/c1-10-15(12-8-9-14(21-3)19-18-12)22-16(17-10)11-6-4-5-7-13(11)20-2/h4-9H,1-3H3. The van der Waals surface area contributed by atoms with E-state index >= 15 is 0 Å². The maximum Gasteiger partial charge on any atom is 0.129 e. The van der Waals surface area contributed by atoms with Gasteiger partial charge in [0.15, 0.2) is 0 Å². The predicted octanol–water partition coefficient (Wildman–Crippen LogP) is 4.31. The molecule has 0 bridgehead atoms. The highest BCUT2D eigenvalue weighted by Gasteiger charge is 2.15. The van der Waals surface area contributed by atoms with Crippen molar-refractivity contribution in [3.8, 4) is 26.9 Å². The average molecular weight is 329 g/mol. The smallest absolute Gasteiger partial charge is 0.129 e. The van der Waals surface area contributed by atoms with E-state index in [0.717, 1.165) is 37.6 Å². The van der Waals surface area contributed by atoms with Crippen LogP contribution in [0.3, 0.4) is 0 Å². The highest BCUT2D eigenvalue weighted by molar-refractivity contribution is 7.98. The zero-order chi connectivity index (χ0) is 15.5. The molecule has 3 rings (SSSR count). The number of hydrogen-bond acceptors (Lipinski definition) is 6. The van der Waals surface area contributed by atoms with Crippen LogP contribution < -0.4 is 4.74 Å². The van der Waals surface area contributed by atoms with E-state index in [4.69, 9.17) is 4.74 Å². The van der Waals surface area contributed by atoms with E-state index in [1.807, 2.05) is 49.6 Å². The number of thioether (sulfide) groups is 1. The number of para-hydroxylation sites is 1. The average Bonchev–Trinajstić information content (AvgIpc) is 2.96. The molecular weight excluding hydrogens is 314 g/mol. The summed E-state index contributed by atoms with van der Waals surface area (Å²) in [6.45, 7) is 1.99. The summed E-state index contributed by atoms with van der Waals surface area (Å²) < 4.78 is 5.42. The lowest BCUT2D eigenvalue weighted by Gasteiger charge is -2.04. The lowest BCUT2D eigenvalue weighted by Crippen LogP contribution is -1.88. The second-order valence-corrected chi connectivity index (χ2v) is 6.42. The quantitative estimate of drug-likeness (QED) is 0.668. The first kappa shape index (κ1) is 15.0. The highest BCUT2D eigenvalue weighted by atomic mass is 32.2. The van der Waals surface area contributed by atoms with E-state index in [2.05, 4.69) is 15.2 Å². The van der Waals surface area contributed by atoms with Gasteiger partial charge in [-0.3, -0.25) is 0 Å². The van der Waals surface area contributed by atoms with E-state index < -0.39 is 0 Å². The van der Waals surface area contributed by atoms with Crippen LogP contribution in [-0.2, 0) is 0 Å². The minimum Gasteiger partial charge on any atom is -0.496 e. The van der Waals surface area contributed by atoms with Crippen molar-refractivity contribution in [2.45, 2.75) is 11.9 Å². The molecule has 0 amide bonds. The first-order valence-corrected chi connectivity index (χ1v) is 8.76. The molecule has 0 atom stereocenters. The summed E-state index contributed by atoms with van der Waals surface area (Å²) in [7, 11) is 1.67. The summed E-state index contributed by atoms with van der Waals surface area (Å²) in [5, 5.41) is 10.3. The van der Waals surface area contributed by atoms with Crippen molar-refractivity contribution in [2.24, 2.45) is 0 Å². The maximum absolute atomic E-state index is 5.42. The number of ether oxygens (including phenoxy) is 1. The van der Waals surface area contributed by atoms with Crippen LogP contribution in [0.4, 0.5) is 0 Å². The molecule has 3 aromatic rings. The van der Waals surface area contributed by atoms with Gasteiger partial charge in [-0.15, -0.1) is 33.3 Å². The van der Waals surface area contributed by atoms with Crippen LogP contribution in [0.2, 0.25) is 0 Å². The Hall–Kier alpha value is -1.92. The number of thiazole rings is 1. The number of hydrogen-bond donors (Lipinski definition) is 0. The Balaban J connectivity index is 2.03. The van der Waals surface area contributed by atoms with Gasteiger partial charge in [-0.05, 0) is 37.4 Å². The molecular formula is C16H15N3OS2. The molecule has 1 aromatic carbocycles. The Morgan fingerprint density at radius 1 is 1.09 bits per heavy atom. The molecule has 0 N–H and O–H groups in total. The lowest BCUT2D eigenvalue weighted by atomic mass is 10.2. The fraction of sp³-hybridized carbons (Fsp3) is 0.188. The molecule has 0 aliphatic heterocycles. The second kappa shape index (κ2) is 6.46. The Morgan fingerprint density at radius 3 is 2.59 bits per heavy atom. The first-order valence-electron chi connectivity index (χ1n) is 6.72. The molecule has 0 aliphatic rings. The van der Waals surface area contributed by atoms with Crippen molar-refractivity contribution < 1.29 is 4.74 Å². The highest BCUT2D eigenvalue weighted by Crippen LogP contribution is 2.37. The minimum atomic E-state index is 0.826. The van der Waals surface area contributed by atoms with Crippen LogP contribution in [0, 0.1) is 6.92 Å². The van der Waals surface area contributed by atoms with Gasteiger partial charge in [0.25, 0.3) is 0 Å². The first-order chi connectivity index (χ1) is 10.7. The van der Waals surface area contributed by atoms with Crippen molar-refractivity contribution in [1.82, 2.24) is 15.2 Å². The van der Waals surface area contributed by atoms with Gasteiger partial charge in [-0.25, -0.2) is 4.98 Å². The second-order valence-electron chi connectivity index (χ2n) is 4.59. The van der Waals surface area contributed by atoms with Crippen LogP contribution in [0.25, 0.3) is 21.1 Å². The third-order valence-electron chi connectivity index (χ3n) is 3.22. The summed E-state index contributed by atoms with van der Waals surface area (Å²) in [5.41, 5.74) is 2.81. The number of aromatic nitrogens is 3. The molecule has 112 valence electrons. The number of aryl methyl sites for hydroxylation is 1. The van der Waals surface area contributed by atoms with Gasteiger partial charge in [0.05, 0.1) is 23.2 Å². The molecule has 6 heteroatoms. The monoisotopic (exact) mass is 329 g/mol. The minimum absolute atomic E-state index is 0.826.